The molecule has 0 aliphatic carbocycles. The number of rotatable bonds is 3. The van der Waals surface area contributed by atoms with Crippen molar-refractivity contribution in [3.05, 3.63) is 29.2 Å². The average Bonchev–Trinajstić information content (AvgIpc) is 2.85. The Labute approximate surface area is 121 Å². The van der Waals surface area contributed by atoms with Crippen LogP contribution in [0.15, 0.2) is 18.5 Å². The molecule has 2 rings (SSSR count). The number of alkyl halides is 3. The minimum Gasteiger partial charge on any atom is -0.468 e. The zero-order valence-electron chi connectivity index (χ0n) is 10.6. The number of halogens is 4. The third-order valence-electron chi connectivity index (χ3n) is 2.51. The quantitative estimate of drug-likeness (QED) is 0.640. The van der Waals surface area contributed by atoms with Gasteiger partial charge in [0.2, 0.25) is 0 Å². The molecule has 112 valence electrons. The lowest BCUT2D eigenvalue weighted by Gasteiger charge is -2.10. The van der Waals surface area contributed by atoms with E-state index in [1.807, 2.05) is 0 Å². The second-order valence-corrected chi connectivity index (χ2v) is 4.32. The van der Waals surface area contributed by atoms with Gasteiger partial charge in [-0.25, -0.2) is 9.67 Å². The Morgan fingerprint density at radius 3 is 2.81 bits per heavy atom. The van der Waals surface area contributed by atoms with E-state index in [0.29, 0.717) is 6.20 Å². The molecule has 0 atom stereocenters. The van der Waals surface area contributed by atoms with Gasteiger partial charge in [0.25, 0.3) is 0 Å². The van der Waals surface area contributed by atoms with E-state index in [1.165, 1.54) is 13.3 Å². The summed E-state index contributed by atoms with van der Waals surface area (Å²) in [6.45, 7) is -0.260. The fourth-order valence-corrected chi connectivity index (χ4v) is 1.72. The Morgan fingerprint density at radius 2 is 2.19 bits per heavy atom. The van der Waals surface area contributed by atoms with Crippen molar-refractivity contribution in [2.24, 2.45) is 0 Å². The summed E-state index contributed by atoms with van der Waals surface area (Å²) in [7, 11) is 1.19. The molecular formula is C11H8ClF3N4O2. The number of hydrogen-bond acceptors (Lipinski definition) is 5. The molecule has 6 nitrogen and oxygen atoms in total. The minimum absolute atomic E-state index is 0.0736. The highest BCUT2D eigenvalue weighted by Crippen LogP contribution is 2.36. The SMILES string of the molecule is COC(=O)Cn1cc(-c2cc(Cl)ncc2C(F)(F)F)nn1. The van der Waals surface area contributed by atoms with Crippen molar-refractivity contribution in [1.82, 2.24) is 20.0 Å². The Kier molecular flexibility index (Phi) is 4.12. The van der Waals surface area contributed by atoms with Gasteiger partial charge in [-0.1, -0.05) is 16.8 Å². The molecule has 2 heterocycles. The lowest BCUT2D eigenvalue weighted by Crippen LogP contribution is -2.11. The average molecular weight is 321 g/mol. The number of carbonyl (C=O) groups is 1. The first-order chi connectivity index (χ1) is 9.81. The van der Waals surface area contributed by atoms with Crippen molar-refractivity contribution in [3.63, 3.8) is 0 Å². The molecule has 21 heavy (non-hydrogen) atoms. The van der Waals surface area contributed by atoms with Gasteiger partial charge in [0, 0.05) is 11.8 Å². The van der Waals surface area contributed by atoms with Crippen molar-refractivity contribution < 1.29 is 22.7 Å². The van der Waals surface area contributed by atoms with E-state index in [4.69, 9.17) is 11.6 Å². The van der Waals surface area contributed by atoms with E-state index in [-0.39, 0.29) is 23.0 Å². The summed E-state index contributed by atoms with van der Waals surface area (Å²) in [4.78, 5) is 14.5. The fraction of sp³-hybridized carbons (Fsp3) is 0.273. The van der Waals surface area contributed by atoms with Gasteiger partial charge >= 0.3 is 12.1 Å². The summed E-state index contributed by atoms with van der Waals surface area (Å²) in [6, 6.07) is 1.04. The number of hydrogen-bond donors (Lipinski definition) is 0. The van der Waals surface area contributed by atoms with Gasteiger partial charge in [-0.15, -0.1) is 5.10 Å². The van der Waals surface area contributed by atoms with Gasteiger partial charge in [-0.05, 0) is 6.07 Å². The van der Waals surface area contributed by atoms with Crippen molar-refractivity contribution in [2.45, 2.75) is 12.7 Å². The molecule has 0 spiro atoms. The lowest BCUT2D eigenvalue weighted by atomic mass is 10.1. The zero-order chi connectivity index (χ0) is 15.6. The van der Waals surface area contributed by atoms with Crippen molar-refractivity contribution in [3.8, 4) is 11.3 Å². The first-order valence-corrected chi connectivity index (χ1v) is 5.89. The summed E-state index contributed by atoms with van der Waals surface area (Å²) in [5.74, 6) is -0.602. The van der Waals surface area contributed by atoms with Crippen LogP contribution in [-0.4, -0.2) is 33.1 Å². The second-order valence-electron chi connectivity index (χ2n) is 3.93. The van der Waals surface area contributed by atoms with Crippen LogP contribution in [0.3, 0.4) is 0 Å². The molecule has 0 saturated heterocycles. The van der Waals surface area contributed by atoms with E-state index in [1.54, 1.807) is 0 Å². The summed E-state index contributed by atoms with van der Waals surface area (Å²) < 4.78 is 44.3. The maximum absolute atomic E-state index is 12.9. The van der Waals surface area contributed by atoms with Crippen LogP contribution in [0, 0.1) is 0 Å². The van der Waals surface area contributed by atoms with Gasteiger partial charge in [-0.2, -0.15) is 13.2 Å². The van der Waals surface area contributed by atoms with E-state index < -0.39 is 17.7 Å². The van der Waals surface area contributed by atoms with E-state index in [2.05, 4.69) is 20.0 Å². The molecule has 0 amide bonds. The summed E-state index contributed by atoms with van der Waals surface area (Å²) in [5, 5.41) is 7.07. The van der Waals surface area contributed by atoms with Crippen LogP contribution in [0.25, 0.3) is 11.3 Å². The van der Waals surface area contributed by atoms with Crippen LogP contribution in [0.2, 0.25) is 5.15 Å². The van der Waals surface area contributed by atoms with Gasteiger partial charge in [-0.3, -0.25) is 4.79 Å². The maximum atomic E-state index is 12.9. The number of methoxy groups -OCH3 is 1. The van der Waals surface area contributed by atoms with Gasteiger partial charge in [0.05, 0.1) is 18.9 Å². The Bertz CT molecular complexity index is 672. The molecule has 0 N–H and O–H groups in total. The first-order valence-electron chi connectivity index (χ1n) is 5.51. The molecule has 0 aromatic carbocycles. The van der Waals surface area contributed by atoms with E-state index >= 15 is 0 Å². The van der Waals surface area contributed by atoms with Crippen LogP contribution in [-0.2, 0) is 22.3 Å². The third kappa shape index (κ3) is 3.48. The maximum Gasteiger partial charge on any atom is 0.418 e. The lowest BCUT2D eigenvalue weighted by molar-refractivity contribution is -0.141. The molecule has 0 aliphatic heterocycles. The molecule has 2 aromatic rings. The number of carbonyl (C=O) groups excluding carboxylic acids is 1. The normalized spacial score (nSPS) is 11.5. The summed E-state index contributed by atoms with van der Waals surface area (Å²) in [5.41, 5.74) is -1.33. The van der Waals surface area contributed by atoms with Crippen molar-refractivity contribution in [1.29, 1.82) is 0 Å². The number of aromatic nitrogens is 4. The molecule has 0 radical (unpaired) electrons. The first kappa shape index (κ1) is 15.2. The van der Waals surface area contributed by atoms with Gasteiger partial charge < -0.3 is 4.74 Å². The Morgan fingerprint density at radius 1 is 1.48 bits per heavy atom. The van der Waals surface area contributed by atoms with Gasteiger partial charge in [0.1, 0.15) is 17.4 Å². The smallest absolute Gasteiger partial charge is 0.418 e. The van der Waals surface area contributed by atoms with Crippen LogP contribution in [0.1, 0.15) is 5.56 Å². The predicted octanol–water partition coefficient (Wildman–Crippen LogP) is 2.19. The molecular weight excluding hydrogens is 313 g/mol. The molecule has 0 aliphatic rings. The zero-order valence-corrected chi connectivity index (χ0v) is 11.3. The topological polar surface area (TPSA) is 69.9 Å². The monoisotopic (exact) mass is 320 g/mol. The number of esters is 1. The van der Waals surface area contributed by atoms with Crippen LogP contribution in [0.5, 0.6) is 0 Å². The van der Waals surface area contributed by atoms with Crippen molar-refractivity contribution >= 4 is 17.6 Å². The molecule has 0 fully saturated rings. The van der Waals surface area contributed by atoms with Crippen molar-refractivity contribution in [2.75, 3.05) is 7.11 Å². The summed E-state index contributed by atoms with van der Waals surface area (Å²) in [6.07, 6.45) is -2.80. The highest BCUT2D eigenvalue weighted by Gasteiger charge is 2.35. The number of nitrogens with zero attached hydrogens (tertiary/aromatic N) is 4. The highest BCUT2D eigenvalue weighted by atomic mass is 35.5. The Hall–Kier alpha value is -2.16. The molecule has 10 heteroatoms. The summed E-state index contributed by atoms with van der Waals surface area (Å²) >= 11 is 5.62. The van der Waals surface area contributed by atoms with Crippen LogP contribution >= 0.6 is 11.6 Å². The fourth-order valence-electron chi connectivity index (χ4n) is 1.56. The molecule has 0 bridgehead atoms. The van der Waals surface area contributed by atoms with E-state index in [9.17, 15) is 18.0 Å². The largest absolute Gasteiger partial charge is 0.468 e. The Balaban J connectivity index is 2.42. The van der Waals surface area contributed by atoms with Gasteiger partial charge in [0.15, 0.2) is 0 Å². The standard InChI is InChI=1S/C11H8ClF3N4O2/c1-21-10(20)5-19-4-8(17-18-19)6-2-9(12)16-3-7(6)11(13,14)15/h2-4H,5H2,1H3. The highest BCUT2D eigenvalue weighted by molar-refractivity contribution is 6.29. The number of pyridine rings is 1. The predicted molar refractivity (Wildman–Crippen MR) is 65.3 cm³/mol. The second kappa shape index (κ2) is 5.68. The third-order valence-corrected chi connectivity index (χ3v) is 2.72. The molecule has 0 saturated carbocycles. The van der Waals surface area contributed by atoms with Crippen LogP contribution < -0.4 is 0 Å². The number of ether oxygens (including phenoxy) is 1. The molecule has 2 aromatic heterocycles. The van der Waals surface area contributed by atoms with Crippen LogP contribution in [0.4, 0.5) is 13.2 Å². The molecule has 0 unspecified atom stereocenters. The van der Waals surface area contributed by atoms with E-state index in [0.717, 1.165) is 10.7 Å². The minimum atomic E-state index is -4.61.